The number of rotatable bonds is 7. The van der Waals surface area contributed by atoms with Crippen molar-refractivity contribution in [2.75, 3.05) is 20.0 Å². The average Bonchev–Trinajstić information content (AvgIpc) is 3.14. The number of fused-ring (bicyclic) bond motifs is 3. The number of halogens is 1. The molecule has 4 aromatic rings. The molecule has 0 aliphatic heterocycles. The number of nitrogens with one attached hydrogen (secondary N) is 2. The molecule has 0 saturated heterocycles. The molecule has 0 fully saturated rings. The number of aromatic nitrogens is 3. The van der Waals surface area contributed by atoms with Gasteiger partial charge in [-0.05, 0) is 24.3 Å². The van der Waals surface area contributed by atoms with Crippen LogP contribution in [0.3, 0.4) is 0 Å². The molecule has 1 amide bonds. The van der Waals surface area contributed by atoms with Gasteiger partial charge >= 0.3 is 0 Å². The van der Waals surface area contributed by atoms with Gasteiger partial charge < -0.3 is 19.8 Å². The van der Waals surface area contributed by atoms with Gasteiger partial charge in [-0.25, -0.2) is 9.97 Å². The number of thioether (sulfide) groups is 1. The van der Waals surface area contributed by atoms with Gasteiger partial charge in [0, 0.05) is 27.5 Å². The maximum absolute atomic E-state index is 12.4. The zero-order valence-electron chi connectivity index (χ0n) is 16.4. The van der Waals surface area contributed by atoms with Crippen LogP contribution < -0.4 is 14.8 Å². The zero-order chi connectivity index (χ0) is 21.1. The molecule has 30 heavy (non-hydrogen) atoms. The first-order valence-corrected chi connectivity index (χ1v) is 10.9. The third-order valence-corrected chi connectivity index (χ3v) is 6.09. The summed E-state index contributed by atoms with van der Waals surface area (Å²) in [7, 11) is 3.17. The van der Waals surface area contributed by atoms with Crippen LogP contribution in [-0.2, 0) is 11.3 Å². The van der Waals surface area contributed by atoms with E-state index in [1.807, 2.05) is 36.4 Å². The molecule has 0 atom stereocenters. The van der Waals surface area contributed by atoms with E-state index < -0.39 is 0 Å². The van der Waals surface area contributed by atoms with Crippen LogP contribution in [0.25, 0.3) is 21.9 Å². The third kappa shape index (κ3) is 4.08. The SMILES string of the molecule is COc1cccc(CNC(=O)CSc2ncnc3c2[nH]c2ccc(Br)cc23)c1OC. The van der Waals surface area contributed by atoms with E-state index in [0.717, 1.165) is 37.0 Å². The molecule has 9 heteroatoms. The number of nitrogens with zero attached hydrogens (tertiary/aromatic N) is 2. The number of para-hydroxylation sites is 1. The van der Waals surface area contributed by atoms with Gasteiger partial charge in [0.1, 0.15) is 16.9 Å². The molecule has 2 N–H and O–H groups in total. The van der Waals surface area contributed by atoms with E-state index in [2.05, 4.69) is 36.2 Å². The number of hydrogen-bond donors (Lipinski definition) is 2. The second-order valence-corrected chi connectivity index (χ2v) is 8.32. The Hall–Kier alpha value is -2.78. The van der Waals surface area contributed by atoms with E-state index in [1.54, 1.807) is 14.2 Å². The molecule has 0 unspecified atom stereocenters. The van der Waals surface area contributed by atoms with Crippen molar-refractivity contribution in [2.24, 2.45) is 0 Å². The first kappa shape index (κ1) is 20.5. The van der Waals surface area contributed by atoms with Crippen LogP contribution >= 0.6 is 27.7 Å². The lowest BCUT2D eigenvalue weighted by molar-refractivity contribution is -0.118. The molecule has 154 valence electrons. The van der Waals surface area contributed by atoms with Gasteiger partial charge in [-0.15, -0.1) is 0 Å². The summed E-state index contributed by atoms with van der Waals surface area (Å²) in [6.07, 6.45) is 1.53. The van der Waals surface area contributed by atoms with Gasteiger partial charge in [0.2, 0.25) is 5.91 Å². The number of methoxy groups -OCH3 is 2. The molecule has 2 heterocycles. The molecule has 0 saturated carbocycles. The van der Waals surface area contributed by atoms with Crippen molar-refractivity contribution in [3.63, 3.8) is 0 Å². The van der Waals surface area contributed by atoms with E-state index >= 15 is 0 Å². The van der Waals surface area contributed by atoms with Crippen molar-refractivity contribution in [3.05, 3.63) is 52.8 Å². The second-order valence-electron chi connectivity index (χ2n) is 6.44. The Balaban J connectivity index is 1.46. The van der Waals surface area contributed by atoms with Crippen LogP contribution in [0.2, 0.25) is 0 Å². The second kappa shape index (κ2) is 8.93. The van der Waals surface area contributed by atoms with Gasteiger partial charge in [0.25, 0.3) is 0 Å². The van der Waals surface area contributed by atoms with Gasteiger partial charge in [-0.1, -0.05) is 39.8 Å². The van der Waals surface area contributed by atoms with Crippen molar-refractivity contribution < 1.29 is 14.3 Å². The molecule has 4 rings (SSSR count). The largest absolute Gasteiger partial charge is 0.493 e. The Kier molecular flexibility index (Phi) is 6.10. The minimum atomic E-state index is -0.101. The number of amides is 1. The monoisotopic (exact) mass is 486 g/mol. The van der Waals surface area contributed by atoms with Crippen molar-refractivity contribution >= 4 is 55.5 Å². The number of carbonyl (C=O) groups is 1. The van der Waals surface area contributed by atoms with Crippen LogP contribution in [0.4, 0.5) is 0 Å². The van der Waals surface area contributed by atoms with Crippen LogP contribution in [0.15, 0.2) is 52.2 Å². The highest BCUT2D eigenvalue weighted by Gasteiger charge is 2.14. The number of carbonyl (C=O) groups excluding carboxylic acids is 1. The summed E-state index contributed by atoms with van der Waals surface area (Å²) in [5, 5.41) is 4.67. The summed E-state index contributed by atoms with van der Waals surface area (Å²) < 4.78 is 11.7. The fourth-order valence-electron chi connectivity index (χ4n) is 3.22. The van der Waals surface area contributed by atoms with E-state index in [4.69, 9.17) is 9.47 Å². The molecular weight excluding hydrogens is 468 g/mol. The predicted octanol–water partition coefficient (Wildman–Crippen LogP) is 4.30. The molecule has 7 nitrogen and oxygen atoms in total. The van der Waals surface area contributed by atoms with E-state index in [9.17, 15) is 4.79 Å². The summed E-state index contributed by atoms with van der Waals surface area (Å²) >= 11 is 4.86. The molecule has 0 bridgehead atoms. The van der Waals surface area contributed by atoms with Crippen LogP contribution in [0.1, 0.15) is 5.56 Å². The van der Waals surface area contributed by atoms with E-state index in [1.165, 1.54) is 18.1 Å². The van der Waals surface area contributed by atoms with Crippen LogP contribution in [0, 0.1) is 0 Å². The summed E-state index contributed by atoms with van der Waals surface area (Å²) in [5.41, 5.74) is 3.49. The molecule has 0 aliphatic rings. The fraction of sp³-hybridized carbons (Fsp3) is 0.190. The molecule has 0 spiro atoms. The highest BCUT2D eigenvalue weighted by Crippen LogP contribution is 2.32. The van der Waals surface area contributed by atoms with Crippen molar-refractivity contribution in [2.45, 2.75) is 11.6 Å². The Labute approximate surface area is 185 Å². The smallest absolute Gasteiger partial charge is 0.230 e. The Morgan fingerprint density at radius 1 is 1.20 bits per heavy atom. The van der Waals surface area contributed by atoms with Crippen molar-refractivity contribution in [1.82, 2.24) is 20.3 Å². The summed E-state index contributed by atoms with van der Waals surface area (Å²) in [6.45, 7) is 0.347. The maximum atomic E-state index is 12.4. The van der Waals surface area contributed by atoms with Crippen molar-refractivity contribution in [1.29, 1.82) is 0 Å². The summed E-state index contributed by atoms with van der Waals surface area (Å²) in [6, 6.07) is 11.6. The lowest BCUT2D eigenvalue weighted by Crippen LogP contribution is -2.24. The molecular formula is C21H19BrN4O3S. The van der Waals surface area contributed by atoms with Crippen LogP contribution in [-0.4, -0.2) is 40.8 Å². The van der Waals surface area contributed by atoms with Gasteiger partial charge in [-0.3, -0.25) is 4.79 Å². The first-order valence-electron chi connectivity index (χ1n) is 9.12. The fourth-order valence-corrected chi connectivity index (χ4v) is 4.37. The average molecular weight is 487 g/mol. The maximum Gasteiger partial charge on any atom is 0.230 e. The topological polar surface area (TPSA) is 89.1 Å². The molecule has 2 aromatic carbocycles. The summed E-state index contributed by atoms with van der Waals surface area (Å²) in [5.74, 6) is 1.38. The van der Waals surface area contributed by atoms with Gasteiger partial charge in [0.15, 0.2) is 11.5 Å². The minimum Gasteiger partial charge on any atom is -0.493 e. The molecule has 0 aliphatic carbocycles. The van der Waals surface area contributed by atoms with E-state index in [-0.39, 0.29) is 11.7 Å². The van der Waals surface area contributed by atoms with Gasteiger partial charge in [-0.2, -0.15) is 0 Å². The van der Waals surface area contributed by atoms with E-state index in [0.29, 0.717) is 18.0 Å². The summed E-state index contributed by atoms with van der Waals surface area (Å²) in [4.78, 5) is 24.6. The lowest BCUT2D eigenvalue weighted by Gasteiger charge is -2.13. The number of hydrogen-bond acceptors (Lipinski definition) is 6. The minimum absolute atomic E-state index is 0.101. The lowest BCUT2D eigenvalue weighted by atomic mass is 10.2. The highest BCUT2D eigenvalue weighted by molar-refractivity contribution is 9.10. The highest BCUT2D eigenvalue weighted by atomic mass is 79.9. The Morgan fingerprint density at radius 3 is 2.87 bits per heavy atom. The zero-order valence-corrected chi connectivity index (χ0v) is 18.8. The van der Waals surface area contributed by atoms with Crippen LogP contribution in [0.5, 0.6) is 11.5 Å². The van der Waals surface area contributed by atoms with Gasteiger partial charge in [0.05, 0.1) is 25.5 Å². The number of benzene rings is 2. The molecule has 0 radical (unpaired) electrons. The Bertz CT molecular complexity index is 1230. The predicted molar refractivity (Wildman–Crippen MR) is 121 cm³/mol. The Morgan fingerprint density at radius 2 is 2.07 bits per heavy atom. The quantitative estimate of drug-likeness (QED) is 0.299. The first-order chi connectivity index (χ1) is 14.6. The molecule has 2 aromatic heterocycles. The normalized spacial score (nSPS) is 11.0. The number of ether oxygens (including phenoxy) is 2. The third-order valence-electron chi connectivity index (χ3n) is 4.61. The number of H-pyrrole nitrogens is 1. The standard InChI is InChI=1S/C21H19BrN4O3S/c1-28-16-5-3-4-12(20(16)29-2)9-23-17(27)10-30-21-19-18(24-11-25-21)14-8-13(22)6-7-15(14)26-19/h3-8,11,26H,9-10H2,1-2H3,(H,23,27). The number of aromatic amines is 1. The van der Waals surface area contributed by atoms with Crippen molar-refractivity contribution in [3.8, 4) is 11.5 Å².